The van der Waals surface area contributed by atoms with Crippen molar-refractivity contribution in [1.29, 1.82) is 0 Å². The number of carbonyl (C=O) groups excluding carboxylic acids is 1. The van der Waals surface area contributed by atoms with Gasteiger partial charge in [-0.3, -0.25) is 9.36 Å². The minimum absolute atomic E-state index is 0. The smallest absolute Gasteiger partial charge is 0.330 e. The van der Waals surface area contributed by atoms with Crippen LogP contribution in [0.4, 0.5) is 5.69 Å². The largest absolute Gasteiger partial charge is 0.371 e. The van der Waals surface area contributed by atoms with E-state index in [0.717, 1.165) is 50.1 Å². The standard InChI is InChI=1S/C34H47N4O4P.CH3/c1-5-41-43(40,42-6-2)26-10-22-38-23-18-29(31-12-7-8-13-33(31)38)16-14-28-15-17-32-30(27-28)11-9-21-37(32)24-19-34(39)35-20-25-36(3)4;/h7-8,12-18,23,27H,5-6,9-11,19-22,24-26H2,1-4H3;1H3/q;-1/p+1. The van der Waals surface area contributed by atoms with Gasteiger partial charge < -0.3 is 31.6 Å². The quantitative estimate of drug-likeness (QED) is 0.116. The molecule has 2 heterocycles. The topological polar surface area (TPSA) is 75.0 Å². The zero-order chi connectivity index (χ0) is 30.7. The number of aryl methyl sites for hydroxylation is 2. The fraction of sp³-hybridized carbons (Fsp3) is 0.457. The summed E-state index contributed by atoms with van der Waals surface area (Å²) >= 11 is 0. The second-order valence-electron chi connectivity index (χ2n) is 11.2. The van der Waals surface area contributed by atoms with Crippen LogP contribution < -0.4 is 14.8 Å². The molecule has 1 N–H and O–H groups in total. The second kappa shape index (κ2) is 17.5. The summed E-state index contributed by atoms with van der Waals surface area (Å²) in [6.07, 6.45) is 10.2. The molecule has 0 radical (unpaired) electrons. The highest BCUT2D eigenvalue weighted by molar-refractivity contribution is 7.53. The average molecular weight is 623 g/mol. The summed E-state index contributed by atoms with van der Waals surface area (Å²) < 4.78 is 26.0. The van der Waals surface area contributed by atoms with Gasteiger partial charge in [0.05, 0.1) is 24.8 Å². The van der Waals surface area contributed by atoms with Gasteiger partial charge in [0, 0.05) is 56.8 Å². The highest BCUT2D eigenvalue weighted by Gasteiger charge is 2.24. The third kappa shape index (κ3) is 10.00. The van der Waals surface area contributed by atoms with Gasteiger partial charge in [-0.2, -0.15) is 4.57 Å². The maximum Gasteiger partial charge on any atom is 0.330 e. The predicted molar refractivity (Wildman–Crippen MR) is 183 cm³/mol. The van der Waals surface area contributed by atoms with Crippen molar-refractivity contribution in [2.45, 2.75) is 46.1 Å². The molecule has 1 aromatic heterocycles. The first kappa shape index (κ1) is 35.4. The van der Waals surface area contributed by atoms with Crippen LogP contribution in [0.5, 0.6) is 0 Å². The molecule has 8 nitrogen and oxygen atoms in total. The number of benzene rings is 2. The number of aromatic nitrogens is 1. The first-order chi connectivity index (χ1) is 20.8. The number of hydrogen-bond acceptors (Lipinski definition) is 6. The van der Waals surface area contributed by atoms with Gasteiger partial charge >= 0.3 is 7.60 Å². The third-order valence-corrected chi connectivity index (χ3v) is 9.87. The number of fused-ring (bicyclic) bond motifs is 2. The minimum Gasteiger partial charge on any atom is -0.371 e. The minimum atomic E-state index is -3.05. The Bertz CT molecular complexity index is 1430. The van der Waals surface area contributed by atoms with E-state index in [1.807, 2.05) is 27.9 Å². The third-order valence-electron chi connectivity index (χ3n) is 7.70. The fourth-order valence-electron chi connectivity index (χ4n) is 5.60. The second-order valence-corrected chi connectivity index (χ2v) is 13.4. The van der Waals surface area contributed by atoms with Crippen molar-refractivity contribution in [3.05, 3.63) is 78.8 Å². The molecule has 0 atom stereocenters. The first-order valence-corrected chi connectivity index (χ1v) is 17.3. The van der Waals surface area contributed by atoms with E-state index in [1.54, 1.807) is 0 Å². The summed E-state index contributed by atoms with van der Waals surface area (Å²) in [5, 5.41) is 4.19. The Morgan fingerprint density at radius 1 is 1.09 bits per heavy atom. The van der Waals surface area contributed by atoms with Gasteiger partial charge in [0.2, 0.25) is 11.4 Å². The number of carbonyl (C=O) groups is 1. The summed E-state index contributed by atoms with van der Waals surface area (Å²) in [5.74, 6) is 0.112. The van der Waals surface area contributed by atoms with Crippen LogP contribution in [0.2, 0.25) is 0 Å². The van der Waals surface area contributed by atoms with Gasteiger partial charge in [0.1, 0.15) is 6.54 Å². The summed E-state index contributed by atoms with van der Waals surface area (Å²) in [6.45, 7) is 8.43. The van der Waals surface area contributed by atoms with Crippen LogP contribution in [0.3, 0.4) is 0 Å². The van der Waals surface area contributed by atoms with Crippen LogP contribution in [0.15, 0.2) is 54.7 Å². The molecule has 4 rings (SSSR count). The Balaban J connectivity index is 0.00000529. The Kier molecular flexibility index (Phi) is 14.1. The van der Waals surface area contributed by atoms with E-state index >= 15 is 0 Å². The van der Waals surface area contributed by atoms with Crippen molar-refractivity contribution >= 4 is 42.2 Å². The molecule has 2 aromatic carbocycles. The van der Waals surface area contributed by atoms with Crippen LogP contribution in [-0.4, -0.2) is 70.5 Å². The van der Waals surface area contributed by atoms with E-state index in [4.69, 9.17) is 9.05 Å². The van der Waals surface area contributed by atoms with Crippen molar-refractivity contribution in [3.8, 4) is 0 Å². The number of hydrogen-bond donors (Lipinski definition) is 1. The van der Waals surface area contributed by atoms with E-state index in [1.165, 1.54) is 22.2 Å². The molecule has 1 amide bonds. The van der Waals surface area contributed by atoms with E-state index < -0.39 is 7.60 Å². The highest BCUT2D eigenvalue weighted by atomic mass is 31.2. The molecular weight excluding hydrogens is 571 g/mol. The predicted octanol–water partition coefficient (Wildman–Crippen LogP) is 6.22. The van der Waals surface area contributed by atoms with Gasteiger partial charge in [0.25, 0.3) is 0 Å². The number of rotatable bonds is 16. The summed E-state index contributed by atoms with van der Waals surface area (Å²) in [7, 11) is 0.973. The van der Waals surface area contributed by atoms with Crippen LogP contribution in [0.1, 0.15) is 49.8 Å². The van der Waals surface area contributed by atoms with E-state index in [-0.39, 0.29) is 13.3 Å². The Morgan fingerprint density at radius 2 is 1.86 bits per heavy atom. The first-order valence-electron chi connectivity index (χ1n) is 15.6. The lowest BCUT2D eigenvalue weighted by Crippen LogP contribution is -2.36. The van der Waals surface area contributed by atoms with Crippen LogP contribution in [0, 0.1) is 7.43 Å². The van der Waals surface area contributed by atoms with Gasteiger partial charge in [-0.15, -0.1) is 0 Å². The SMILES string of the molecule is CCOP(=O)(CCC[n+]1ccc(C=Cc2ccc3c(c2)CCCN3CCC(=O)NCCN(C)C)c2ccccc21)OCC.[CH3-]. The van der Waals surface area contributed by atoms with Crippen LogP contribution in [0.25, 0.3) is 23.1 Å². The molecule has 0 fully saturated rings. The lowest BCUT2D eigenvalue weighted by Gasteiger charge is -2.31. The van der Waals surface area contributed by atoms with Crippen molar-refractivity contribution in [2.75, 3.05) is 64.5 Å². The van der Waals surface area contributed by atoms with E-state index in [9.17, 15) is 9.36 Å². The molecule has 0 unspecified atom stereocenters. The molecule has 0 aliphatic carbocycles. The molecule has 0 saturated carbocycles. The number of nitrogens with one attached hydrogen (secondary N) is 1. The fourth-order valence-corrected chi connectivity index (χ4v) is 7.25. The number of pyridine rings is 1. The summed E-state index contributed by atoms with van der Waals surface area (Å²) in [6, 6.07) is 17.2. The van der Waals surface area contributed by atoms with Gasteiger partial charge in [-0.25, -0.2) is 0 Å². The highest BCUT2D eigenvalue weighted by Crippen LogP contribution is 2.48. The van der Waals surface area contributed by atoms with Crippen LogP contribution >= 0.6 is 7.60 Å². The summed E-state index contributed by atoms with van der Waals surface area (Å²) in [4.78, 5) is 16.7. The molecule has 9 heteroatoms. The Morgan fingerprint density at radius 3 is 2.61 bits per heavy atom. The number of para-hydroxylation sites is 1. The molecule has 240 valence electrons. The molecule has 44 heavy (non-hydrogen) atoms. The molecule has 0 bridgehead atoms. The lowest BCUT2D eigenvalue weighted by atomic mass is 9.98. The number of anilines is 1. The van der Waals surface area contributed by atoms with Gasteiger partial charge in [0.15, 0.2) is 6.20 Å². The van der Waals surface area contributed by atoms with Crippen molar-refractivity contribution in [2.24, 2.45) is 0 Å². The number of likely N-dealkylation sites (N-methyl/N-ethyl adjacent to an activating group) is 1. The molecule has 3 aromatic rings. The maximum atomic E-state index is 12.9. The molecule has 1 aliphatic rings. The van der Waals surface area contributed by atoms with Gasteiger partial charge in [-0.05, 0) is 75.7 Å². The zero-order valence-electron chi connectivity index (χ0n) is 27.3. The monoisotopic (exact) mass is 622 g/mol. The Labute approximate surface area is 264 Å². The van der Waals surface area contributed by atoms with Crippen molar-refractivity contribution in [3.63, 3.8) is 0 Å². The molecule has 0 saturated heterocycles. The van der Waals surface area contributed by atoms with Crippen molar-refractivity contribution < 1.29 is 23.0 Å². The maximum absolute atomic E-state index is 12.9. The normalized spacial score (nSPS) is 13.3. The zero-order valence-corrected chi connectivity index (χ0v) is 28.2. The van der Waals surface area contributed by atoms with E-state index in [2.05, 4.69) is 86.6 Å². The Hall–Kier alpha value is -3.03. The lowest BCUT2D eigenvalue weighted by molar-refractivity contribution is -0.671. The number of nitrogens with zero attached hydrogens (tertiary/aromatic N) is 3. The van der Waals surface area contributed by atoms with Gasteiger partial charge in [-0.1, -0.05) is 30.4 Å². The molecule has 1 aliphatic heterocycles. The van der Waals surface area contributed by atoms with Crippen molar-refractivity contribution in [1.82, 2.24) is 10.2 Å². The summed E-state index contributed by atoms with van der Waals surface area (Å²) in [5.41, 5.74) is 6.05. The van der Waals surface area contributed by atoms with E-state index in [0.29, 0.717) is 38.8 Å². The molecule has 0 spiro atoms. The number of amides is 1. The average Bonchev–Trinajstić information content (AvgIpc) is 2.99. The van der Waals surface area contributed by atoms with Crippen LogP contribution in [-0.2, 0) is 31.4 Å². The molecular formula is C35H51N4O4P.